The van der Waals surface area contributed by atoms with Gasteiger partial charge in [0.25, 0.3) is 0 Å². The van der Waals surface area contributed by atoms with Crippen molar-refractivity contribution < 1.29 is 4.79 Å². The first-order chi connectivity index (χ1) is 8.70. The molecule has 0 aliphatic carbocycles. The summed E-state index contributed by atoms with van der Waals surface area (Å²) in [4.78, 5) is 18.1. The second-order valence-corrected chi connectivity index (χ2v) is 5.95. The minimum absolute atomic E-state index is 0.157. The molecule has 3 rings (SSSR count). The van der Waals surface area contributed by atoms with E-state index in [1.807, 2.05) is 28.6 Å². The molecule has 2 aromatic rings. The molecule has 5 heteroatoms. The molecule has 1 fully saturated rings. The number of fused-ring (bicyclic) bond motifs is 1. The van der Waals surface area contributed by atoms with E-state index < -0.39 is 0 Å². The summed E-state index contributed by atoms with van der Waals surface area (Å²) in [6.45, 7) is 4.48. The monoisotopic (exact) mass is 322 g/mol. The van der Waals surface area contributed by atoms with Crippen molar-refractivity contribution in [2.24, 2.45) is 5.92 Å². The molecule has 0 bridgehead atoms. The topological polar surface area (TPSA) is 33.2 Å². The highest BCUT2D eigenvalue weighted by Crippen LogP contribution is 2.38. The van der Waals surface area contributed by atoms with Gasteiger partial charge in [-0.25, -0.2) is 4.98 Å². The quantitative estimate of drug-likeness (QED) is 0.791. The summed E-state index contributed by atoms with van der Waals surface area (Å²) >= 11 is 5.17. The molecule has 0 radical (unpaired) electrons. The van der Waals surface area contributed by atoms with E-state index in [9.17, 15) is 4.79 Å². The molecule has 1 saturated heterocycles. The number of hydrogen-bond donors (Lipinski definition) is 0. The van der Waals surface area contributed by atoms with Crippen molar-refractivity contribution in [2.45, 2.75) is 6.42 Å². The van der Waals surface area contributed by atoms with Crippen LogP contribution in [0.15, 0.2) is 34.8 Å². The van der Waals surface area contributed by atoms with Crippen LogP contribution in [0.25, 0.3) is 10.2 Å². The Kier molecular flexibility index (Phi) is 2.95. The summed E-state index contributed by atoms with van der Waals surface area (Å²) < 4.78 is 2.04. The molecule has 1 aliphatic rings. The molecule has 0 saturated carbocycles. The van der Waals surface area contributed by atoms with Gasteiger partial charge in [0, 0.05) is 18.9 Å². The highest BCUT2D eigenvalue weighted by Gasteiger charge is 2.30. The SMILES string of the molecule is C=CC1CC(=O)N(c2ccc3ncsc3c2Br)C1. The van der Waals surface area contributed by atoms with Gasteiger partial charge in [0.15, 0.2) is 0 Å². The van der Waals surface area contributed by atoms with E-state index in [1.165, 1.54) is 0 Å². The highest BCUT2D eigenvalue weighted by molar-refractivity contribution is 9.10. The van der Waals surface area contributed by atoms with Crippen LogP contribution in [0.3, 0.4) is 0 Å². The van der Waals surface area contributed by atoms with Crippen molar-refractivity contribution in [3.8, 4) is 0 Å². The molecule has 0 N–H and O–H groups in total. The van der Waals surface area contributed by atoms with Crippen molar-refractivity contribution in [2.75, 3.05) is 11.4 Å². The van der Waals surface area contributed by atoms with Crippen molar-refractivity contribution >= 4 is 49.1 Å². The zero-order chi connectivity index (χ0) is 12.7. The molecule has 0 spiro atoms. The van der Waals surface area contributed by atoms with Crippen LogP contribution < -0.4 is 4.90 Å². The van der Waals surface area contributed by atoms with Crippen molar-refractivity contribution in [1.82, 2.24) is 4.98 Å². The predicted octanol–water partition coefficient (Wildman–Crippen LogP) is 3.60. The number of thiazole rings is 1. The number of carbonyl (C=O) groups excluding carboxylic acids is 1. The zero-order valence-electron chi connectivity index (χ0n) is 9.60. The second-order valence-electron chi connectivity index (χ2n) is 4.30. The number of halogens is 1. The molecule has 1 unspecified atom stereocenters. The second kappa shape index (κ2) is 4.48. The largest absolute Gasteiger partial charge is 0.311 e. The van der Waals surface area contributed by atoms with Gasteiger partial charge < -0.3 is 4.90 Å². The summed E-state index contributed by atoms with van der Waals surface area (Å²) in [5.41, 5.74) is 3.71. The van der Waals surface area contributed by atoms with Crippen LogP contribution in [-0.4, -0.2) is 17.4 Å². The predicted molar refractivity (Wildman–Crippen MR) is 78.0 cm³/mol. The minimum atomic E-state index is 0.157. The smallest absolute Gasteiger partial charge is 0.227 e. The minimum Gasteiger partial charge on any atom is -0.311 e. The third-order valence-corrected chi connectivity index (χ3v) is 5.12. The average Bonchev–Trinajstić information content (AvgIpc) is 2.96. The van der Waals surface area contributed by atoms with E-state index in [4.69, 9.17) is 0 Å². The highest BCUT2D eigenvalue weighted by atomic mass is 79.9. The van der Waals surface area contributed by atoms with E-state index in [0.717, 1.165) is 20.4 Å². The number of carbonyl (C=O) groups is 1. The summed E-state index contributed by atoms with van der Waals surface area (Å²) in [5.74, 6) is 0.408. The summed E-state index contributed by atoms with van der Waals surface area (Å²) in [7, 11) is 0. The Morgan fingerprint density at radius 3 is 3.11 bits per heavy atom. The van der Waals surface area contributed by atoms with Crippen molar-refractivity contribution in [1.29, 1.82) is 0 Å². The van der Waals surface area contributed by atoms with Crippen LogP contribution in [0.4, 0.5) is 5.69 Å². The van der Waals surface area contributed by atoms with Crippen LogP contribution in [0.5, 0.6) is 0 Å². The molecule has 1 amide bonds. The molecule has 92 valence electrons. The Morgan fingerprint density at radius 1 is 1.56 bits per heavy atom. The van der Waals surface area contributed by atoms with Gasteiger partial charge in [-0.1, -0.05) is 6.08 Å². The average molecular weight is 323 g/mol. The number of rotatable bonds is 2. The van der Waals surface area contributed by atoms with Gasteiger partial charge in [-0.15, -0.1) is 17.9 Å². The lowest BCUT2D eigenvalue weighted by Gasteiger charge is -2.18. The normalized spacial score (nSPS) is 19.7. The first-order valence-electron chi connectivity index (χ1n) is 5.65. The number of amides is 1. The van der Waals surface area contributed by atoms with Gasteiger partial charge >= 0.3 is 0 Å². The standard InChI is InChI=1S/C13H11BrN2OS/c1-2-8-5-11(17)16(6-8)10-4-3-9-13(12(10)14)18-7-15-9/h2-4,7-8H,1,5-6H2. The van der Waals surface area contributed by atoms with Crippen LogP contribution in [0, 0.1) is 5.92 Å². The number of aromatic nitrogens is 1. The summed E-state index contributed by atoms with van der Waals surface area (Å²) in [6, 6.07) is 3.91. The van der Waals surface area contributed by atoms with Gasteiger partial charge in [-0.3, -0.25) is 4.79 Å². The molecule has 18 heavy (non-hydrogen) atoms. The van der Waals surface area contributed by atoms with E-state index in [-0.39, 0.29) is 11.8 Å². The van der Waals surface area contributed by atoms with Crippen LogP contribution in [-0.2, 0) is 4.79 Å². The third kappa shape index (κ3) is 1.78. The van der Waals surface area contributed by atoms with Gasteiger partial charge in [0.1, 0.15) is 0 Å². The summed E-state index contributed by atoms with van der Waals surface area (Å²) in [5, 5.41) is 0. The van der Waals surface area contributed by atoms with Gasteiger partial charge in [0.2, 0.25) is 5.91 Å². The number of hydrogen-bond acceptors (Lipinski definition) is 3. The fourth-order valence-corrected chi connectivity index (χ4v) is 3.77. The Labute approximate surface area is 117 Å². The van der Waals surface area contributed by atoms with Gasteiger partial charge in [0.05, 0.1) is 25.9 Å². The Bertz CT molecular complexity index is 637. The van der Waals surface area contributed by atoms with E-state index >= 15 is 0 Å². The lowest BCUT2D eigenvalue weighted by molar-refractivity contribution is -0.117. The molecule has 3 nitrogen and oxygen atoms in total. The van der Waals surface area contributed by atoms with Crippen LogP contribution >= 0.6 is 27.3 Å². The molecular formula is C13H11BrN2OS. The number of benzene rings is 1. The first kappa shape index (κ1) is 11.9. The fraction of sp³-hybridized carbons (Fsp3) is 0.231. The molecule has 1 aromatic heterocycles. The molecule has 1 aromatic carbocycles. The van der Waals surface area contributed by atoms with Crippen molar-refractivity contribution in [3.05, 3.63) is 34.8 Å². The lowest BCUT2D eigenvalue weighted by atomic mass is 10.1. The van der Waals surface area contributed by atoms with Gasteiger partial charge in [-0.2, -0.15) is 0 Å². The van der Waals surface area contributed by atoms with Crippen LogP contribution in [0.1, 0.15) is 6.42 Å². The lowest BCUT2D eigenvalue weighted by Crippen LogP contribution is -2.24. The Morgan fingerprint density at radius 2 is 2.39 bits per heavy atom. The maximum absolute atomic E-state index is 12.0. The fourth-order valence-electron chi connectivity index (χ4n) is 2.22. The van der Waals surface area contributed by atoms with E-state index in [1.54, 1.807) is 11.3 Å². The van der Waals surface area contributed by atoms with Crippen molar-refractivity contribution in [3.63, 3.8) is 0 Å². The number of anilines is 1. The Hall–Kier alpha value is -1.20. The zero-order valence-corrected chi connectivity index (χ0v) is 12.0. The first-order valence-corrected chi connectivity index (χ1v) is 7.32. The molecule has 2 heterocycles. The molecule has 1 aliphatic heterocycles. The maximum Gasteiger partial charge on any atom is 0.227 e. The van der Waals surface area contributed by atoms with E-state index in [2.05, 4.69) is 27.5 Å². The molecular weight excluding hydrogens is 312 g/mol. The van der Waals surface area contributed by atoms with Crippen LogP contribution in [0.2, 0.25) is 0 Å². The summed E-state index contributed by atoms with van der Waals surface area (Å²) in [6.07, 6.45) is 2.41. The van der Waals surface area contributed by atoms with E-state index in [0.29, 0.717) is 13.0 Å². The van der Waals surface area contributed by atoms with Gasteiger partial charge in [-0.05, 0) is 28.1 Å². The third-order valence-electron chi connectivity index (χ3n) is 3.20. The Balaban J connectivity index is 2.06. The maximum atomic E-state index is 12.0. The number of nitrogens with zero attached hydrogens (tertiary/aromatic N) is 2. The molecule has 1 atom stereocenters.